The summed E-state index contributed by atoms with van der Waals surface area (Å²) in [6.45, 7) is 5.22. The van der Waals surface area contributed by atoms with Crippen molar-refractivity contribution in [3.05, 3.63) is 60.7 Å². The van der Waals surface area contributed by atoms with Crippen LogP contribution in [0.4, 0.5) is 21.7 Å². The van der Waals surface area contributed by atoms with E-state index in [-0.39, 0.29) is 11.8 Å². The zero-order valence-corrected chi connectivity index (χ0v) is 17.2. The molecule has 1 fully saturated rings. The number of hydrogen-bond donors (Lipinski definition) is 0. The van der Waals surface area contributed by atoms with Gasteiger partial charge in [0.15, 0.2) is 23.1 Å². The molecule has 0 N–H and O–H groups in total. The van der Waals surface area contributed by atoms with Gasteiger partial charge in [-0.25, -0.2) is 14.4 Å². The molecule has 0 saturated carbocycles. The smallest absolute Gasteiger partial charge is 0.230 e. The molecule has 1 aromatic heterocycles. The van der Waals surface area contributed by atoms with Gasteiger partial charge in [0.1, 0.15) is 6.61 Å². The minimum absolute atomic E-state index is 0.228. The molecule has 0 spiro atoms. The van der Waals surface area contributed by atoms with Crippen LogP contribution < -0.4 is 19.3 Å². The second kappa shape index (κ2) is 8.39. The van der Waals surface area contributed by atoms with Crippen molar-refractivity contribution in [2.24, 2.45) is 0 Å². The highest BCUT2D eigenvalue weighted by Gasteiger charge is 2.25. The lowest BCUT2D eigenvalue weighted by Crippen LogP contribution is -2.43. The van der Waals surface area contributed by atoms with E-state index in [1.165, 1.54) is 6.07 Å². The van der Waals surface area contributed by atoms with E-state index < -0.39 is 5.82 Å². The summed E-state index contributed by atoms with van der Waals surface area (Å²) in [5.74, 6) is 1.58. The number of rotatable bonds is 4. The Morgan fingerprint density at radius 1 is 1.00 bits per heavy atom. The van der Waals surface area contributed by atoms with Crippen LogP contribution in [0.5, 0.6) is 17.2 Å². The van der Waals surface area contributed by atoms with E-state index in [1.54, 1.807) is 24.5 Å². The summed E-state index contributed by atoms with van der Waals surface area (Å²) in [5, 5.41) is 0. The molecule has 0 amide bonds. The van der Waals surface area contributed by atoms with E-state index in [2.05, 4.69) is 21.8 Å². The van der Waals surface area contributed by atoms with Gasteiger partial charge in [-0.05, 0) is 31.2 Å². The number of morpholine rings is 1. The second-order valence-corrected chi connectivity index (χ2v) is 7.49. The fourth-order valence-electron chi connectivity index (χ4n) is 3.91. The van der Waals surface area contributed by atoms with Crippen LogP contribution in [-0.2, 0) is 4.74 Å². The van der Waals surface area contributed by atoms with Crippen molar-refractivity contribution >= 4 is 17.3 Å². The lowest BCUT2D eigenvalue weighted by atomic mass is 10.2. The van der Waals surface area contributed by atoms with Crippen molar-refractivity contribution in [3.63, 3.8) is 0 Å². The van der Waals surface area contributed by atoms with Gasteiger partial charge in [0, 0.05) is 12.6 Å². The van der Waals surface area contributed by atoms with Crippen LogP contribution in [0.1, 0.15) is 6.92 Å². The van der Waals surface area contributed by atoms with E-state index in [9.17, 15) is 4.39 Å². The number of aromatic nitrogens is 2. The third kappa shape index (κ3) is 3.86. The molecule has 0 radical (unpaired) electrons. The molecule has 1 saturated heterocycles. The number of ether oxygens (including phenoxy) is 3. The van der Waals surface area contributed by atoms with Crippen LogP contribution in [0.3, 0.4) is 0 Å². The highest BCUT2D eigenvalue weighted by atomic mass is 19.1. The number of anilines is 3. The number of hydrogen-bond acceptors (Lipinski definition) is 7. The first-order chi connectivity index (χ1) is 15.2. The van der Waals surface area contributed by atoms with Crippen molar-refractivity contribution in [2.45, 2.75) is 13.0 Å². The van der Waals surface area contributed by atoms with Crippen molar-refractivity contribution in [1.29, 1.82) is 0 Å². The SMILES string of the molecule is C[C@@H]1COCCN1c1ccccc1Oc1cnc(N2CCOc3c(F)cccc32)nc1. The van der Waals surface area contributed by atoms with Gasteiger partial charge in [0.05, 0.1) is 43.5 Å². The molecule has 3 aromatic rings. The summed E-state index contributed by atoms with van der Waals surface area (Å²) in [6, 6.07) is 13.0. The molecule has 1 atom stereocenters. The third-order valence-corrected chi connectivity index (χ3v) is 5.42. The Balaban J connectivity index is 1.38. The van der Waals surface area contributed by atoms with E-state index in [0.29, 0.717) is 43.8 Å². The zero-order valence-electron chi connectivity index (χ0n) is 17.2. The summed E-state index contributed by atoms with van der Waals surface area (Å²) in [6.07, 6.45) is 3.27. The Morgan fingerprint density at radius 3 is 2.65 bits per heavy atom. The predicted molar refractivity (Wildman–Crippen MR) is 115 cm³/mol. The first-order valence-electron chi connectivity index (χ1n) is 10.3. The van der Waals surface area contributed by atoms with Crippen molar-refractivity contribution in [1.82, 2.24) is 9.97 Å². The zero-order chi connectivity index (χ0) is 21.2. The van der Waals surface area contributed by atoms with Gasteiger partial charge < -0.3 is 24.0 Å². The molecule has 0 unspecified atom stereocenters. The normalized spacial score (nSPS) is 18.3. The Bertz CT molecular complexity index is 1060. The van der Waals surface area contributed by atoms with Crippen molar-refractivity contribution in [2.75, 3.05) is 42.7 Å². The summed E-state index contributed by atoms with van der Waals surface area (Å²) >= 11 is 0. The van der Waals surface area contributed by atoms with Crippen LogP contribution in [0.15, 0.2) is 54.9 Å². The monoisotopic (exact) mass is 422 g/mol. The van der Waals surface area contributed by atoms with Gasteiger partial charge in [0.2, 0.25) is 5.95 Å². The van der Waals surface area contributed by atoms with Crippen LogP contribution in [-0.4, -0.2) is 48.9 Å². The average molecular weight is 422 g/mol. The number of halogens is 1. The minimum Gasteiger partial charge on any atom is -0.486 e. The maximum atomic E-state index is 14.1. The first kappa shape index (κ1) is 19.6. The quantitative estimate of drug-likeness (QED) is 0.626. The third-order valence-electron chi connectivity index (χ3n) is 5.42. The van der Waals surface area contributed by atoms with E-state index >= 15 is 0 Å². The van der Waals surface area contributed by atoms with Gasteiger partial charge in [-0.2, -0.15) is 0 Å². The van der Waals surface area contributed by atoms with Gasteiger partial charge in [-0.1, -0.05) is 18.2 Å². The van der Waals surface area contributed by atoms with Crippen LogP contribution in [0.25, 0.3) is 0 Å². The fraction of sp³-hybridized carbons (Fsp3) is 0.304. The highest BCUT2D eigenvalue weighted by molar-refractivity contribution is 5.67. The van der Waals surface area contributed by atoms with Gasteiger partial charge in [-0.15, -0.1) is 0 Å². The van der Waals surface area contributed by atoms with Crippen LogP contribution in [0.2, 0.25) is 0 Å². The number of fused-ring (bicyclic) bond motifs is 1. The van der Waals surface area contributed by atoms with Gasteiger partial charge >= 0.3 is 0 Å². The Kier molecular flexibility index (Phi) is 5.30. The molecule has 2 aromatic carbocycles. The molecule has 3 heterocycles. The molecule has 7 nitrogen and oxygen atoms in total. The Labute approximate surface area is 180 Å². The summed E-state index contributed by atoms with van der Waals surface area (Å²) in [4.78, 5) is 13.1. The first-order valence-corrected chi connectivity index (χ1v) is 10.3. The molecular formula is C23H23FN4O3. The van der Waals surface area contributed by atoms with E-state index in [4.69, 9.17) is 14.2 Å². The summed E-state index contributed by atoms with van der Waals surface area (Å²) in [5.41, 5.74) is 1.63. The molecule has 160 valence electrons. The number of para-hydroxylation sites is 3. The lowest BCUT2D eigenvalue weighted by molar-refractivity contribution is 0.0987. The molecule has 0 bridgehead atoms. The molecular weight excluding hydrogens is 399 g/mol. The number of benzene rings is 2. The minimum atomic E-state index is -0.392. The van der Waals surface area contributed by atoms with Crippen molar-refractivity contribution < 1.29 is 18.6 Å². The standard InChI is InChI=1S/C23H23FN4O3/c1-16-15-29-11-9-27(16)19-6-2-3-8-21(19)31-17-13-25-23(26-14-17)28-10-12-30-22-18(24)5-4-7-20(22)28/h2-8,13-14,16H,9-12,15H2,1H3/t16-/m1/s1. The highest BCUT2D eigenvalue weighted by Crippen LogP contribution is 2.38. The predicted octanol–water partition coefficient (Wildman–Crippen LogP) is 4.16. The maximum absolute atomic E-state index is 14.1. The van der Waals surface area contributed by atoms with E-state index in [1.807, 2.05) is 29.2 Å². The maximum Gasteiger partial charge on any atom is 0.230 e. The van der Waals surface area contributed by atoms with Gasteiger partial charge in [0.25, 0.3) is 0 Å². The fourth-order valence-corrected chi connectivity index (χ4v) is 3.91. The Morgan fingerprint density at radius 2 is 1.81 bits per heavy atom. The van der Waals surface area contributed by atoms with Crippen LogP contribution >= 0.6 is 0 Å². The molecule has 2 aliphatic heterocycles. The largest absolute Gasteiger partial charge is 0.486 e. The lowest BCUT2D eigenvalue weighted by Gasteiger charge is -2.36. The van der Waals surface area contributed by atoms with Crippen molar-refractivity contribution in [3.8, 4) is 17.2 Å². The average Bonchev–Trinajstić information content (AvgIpc) is 2.81. The summed E-state index contributed by atoms with van der Waals surface area (Å²) < 4.78 is 31.2. The van der Waals surface area contributed by atoms with Gasteiger partial charge in [-0.3, -0.25) is 0 Å². The van der Waals surface area contributed by atoms with E-state index in [0.717, 1.165) is 18.0 Å². The van der Waals surface area contributed by atoms with Crippen LogP contribution in [0, 0.1) is 5.82 Å². The topological polar surface area (TPSA) is 60.0 Å². The Hall–Kier alpha value is -3.39. The number of nitrogens with zero attached hydrogens (tertiary/aromatic N) is 4. The molecule has 8 heteroatoms. The molecule has 0 aliphatic carbocycles. The molecule has 5 rings (SSSR count). The summed E-state index contributed by atoms with van der Waals surface area (Å²) in [7, 11) is 0. The second-order valence-electron chi connectivity index (χ2n) is 7.49. The molecule has 31 heavy (non-hydrogen) atoms. The molecule has 2 aliphatic rings.